The third kappa shape index (κ3) is 4.80. The van der Waals surface area contributed by atoms with Crippen LogP contribution in [0.1, 0.15) is 21.5 Å². The molecule has 2 aromatic carbocycles. The number of aryl methyl sites for hydroxylation is 1. The molecule has 0 atom stereocenters. The van der Waals surface area contributed by atoms with E-state index in [0.717, 1.165) is 27.8 Å². The molecule has 2 aromatic heterocycles. The van der Waals surface area contributed by atoms with Crippen LogP contribution in [0, 0.1) is 6.92 Å². The second-order valence-electron chi connectivity index (χ2n) is 6.85. The molecule has 162 valence electrons. The van der Waals surface area contributed by atoms with Crippen molar-refractivity contribution >= 4 is 61.7 Å². The van der Waals surface area contributed by atoms with E-state index in [2.05, 4.69) is 20.2 Å². The standard InChI is InChI=1S/C22H17ClN4O3S2/c1-14-8-9-15-12-16(21(23)25-19(15)11-14)13-24-26-22(28)17-5-2-3-6-18(17)27-32(29,30)20-7-4-10-31-20/h2-13,27H,1H3,(H,26,28)/b24-13+. The molecule has 2 heterocycles. The lowest BCUT2D eigenvalue weighted by atomic mass is 10.1. The first-order valence-corrected chi connectivity index (χ1v) is 12.1. The van der Waals surface area contributed by atoms with E-state index in [9.17, 15) is 13.2 Å². The highest BCUT2D eigenvalue weighted by atomic mass is 35.5. The number of carbonyl (C=O) groups is 1. The summed E-state index contributed by atoms with van der Waals surface area (Å²) in [6.07, 6.45) is 1.39. The topological polar surface area (TPSA) is 101 Å². The van der Waals surface area contributed by atoms with E-state index in [4.69, 9.17) is 11.6 Å². The number of anilines is 1. The van der Waals surface area contributed by atoms with Crippen LogP contribution in [-0.4, -0.2) is 25.5 Å². The number of sulfonamides is 1. The second kappa shape index (κ2) is 9.07. The zero-order valence-corrected chi connectivity index (χ0v) is 19.1. The molecule has 0 radical (unpaired) electrons. The summed E-state index contributed by atoms with van der Waals surface area (Å²) in [6, 6.07) is 17.1. The van der Waals surface area contributed by atoms with Crippen molar-refractivity contribution in [3.63, 3.8) is 0 Å². The van der Waals surface area contributed by atoms with Gasteiger partial charge in [0.05, 0.1) is 23.0 Å². The van der Waals surface area contributed by atoms with Gasteiger partial charge in [-0.1, -0.05) is 41.9 Å². The first-order valence-electron chi connectivity index (χ1n) is 9.39. The molecule has 0 bridgehead atoms. The smallest absolute Gasteiger partial charge is 0.273 e. The third-order valence-electron chi connectivity index (χ3n) is 4.50. The monoisotopic (exact) mass is 484 g/mol. The van der Waals surface area contributed by atoms with Gasteiger partial charge in [-0.3, -0.25) is 9.52 Å². The Kier molecular flexibility index (Phi) is 6.22. The first kappa shape index (κ1) is 21.9. The highest BCUT2D eigenvalue weighted by molar-refractivity contribution is 7.94. The lowest BCUT2D eigenvalue weighted by Crippen LogP contribution is -2.21. The average molecular weight is 485 g/mol. The molecule has 0 saturated heterocycles. The molecular weight excluding hydrogens is 468 g/mol. The van der Waals surface area contributed by atoms with Crippen LogP contribution in [0.25, 0.3) is 10.9 Å². The number of hydrogen-bond donors (Lipinski definition) is 2. The first-order chi connectivity index (χ1) is 15.3. The number of thiophene rings is 1. The van der Waals surface area contributed by atoms with Crippen molar-refractivity contribution in [2.75, 3.05) is 4.72 Å². The fraction of sp³-hybridized carbons (Fsp3) is 0.0455. The summed E-state index contributed by atoms with van der Waals surface area (Å²) >= 11 is 7.33. The minimum Gasteiger partial charge on any atom is -0.278 e. The van der Waals surface area contributed by atoms with Crippen LogP contribution >= 0.6 is 22.9 Å². The maximum Gasteiger partial charge on any atom is 0.273 e. The van der Waals surface area contributed by atoms with Crippen molar-refractivity contribution in [3.05, 3.63) is 87.9 Å². The molecule has 7 nitrogen and oxygen atoms in total. The number of para-hydroxylation sites is 1. The highest BCUT2D eigenvalue weighted by Crippen LogP contribution is 2.23. The lowest BCUT2D eigenvalue weighted by molar-refractivity contribution is 0.0956. The molecule has 0 aliphatic rings. The Hall–Kier alpha value is -3.27. The van der Waals surface area contributed by atoms with Crippen LogP contribution in [0.3, 0.4) is 0 Å². The van der Waals surface area contributed by atoms with Gasteiger partial charge in [0.2, 0.25) is 0 Å². The fourth-order valence-corrected chi connectivity index (χ4v) is 5.23. The van der Waals surface area contributed by atoms with E-state index in [1.807, 2.05) is 31.2 Å². The molecular formula is C22H17ClN4O3S2. The number of halogens is 1. The van der Waals surface area contributed by atoms with Crippen LogP contribution in [0.2, 0.25) is 5.15 Å². The van der Waals surface area contributed by atoms with E-state index in [1.165, 1.54) is 24.4 Å². The predicted molar refractivity (Wildman–Crippen MR) is 128 cm³/mol. The molecule has 32 heavy (non-hydrogen) atoms. The van der Waals surface area contributed by atoms with E-state index in [0.29, 0.717) is 5.56 Å². The van der Waals surface area contributed by atoms with Crippen molar-refractivity contribution in [1.29, 1.82) is 0 Å². The number of rotatable bonds is 6. The molecule has 0 saturated carbocycles. The number of hydrazone groups is 1. The minimum absolute atomic E-state index is 0.128. The van der Waals surface area contributed by atoms with Crippen LogP contribution < -0.4 is 10.1 Å². The molecule has 1 amide bonds. The molecule has 0 spiro atoms. The molecule has 0 unspecified atom stereocenters. The van der Waals surface area contributed by atoms with Crippen molar-refractivity contribution in [1.82, 2.24) is 10.4 Å². The largest absolute Gasteiger partial charge is 0.278 e. The van der Waals surface area contributed by atoms with Gasteiger partial charge in [-0.05, 0) is 48.2 Å². The summed E-state index contributed by atoms with van der Waals surface area (Å²) in [5, 5.41) is 6.77. The number of pyridine rings is 1. The number of nitrogens with one attached hydrogen (secondary N) is 2. The van der Waals surface area contributed by atoms with Gasteiger partial charge in [-0.15, -0.1) is 11.3 Å². The quantitative estimate of drug-likeness (QED) is 0.232. The number of hydrogen-bond acceptors (Lipinski definition) is 6. The Morgan fingerprint density at radius 3 is 2.72 bits per heavy atom. The second-order valence-corrected chi connectivity index (χ2v) is 10.1. The van der Waals surface area contributed by atoms with Gasteiger partial charge < -0.3 is 0 Å². The number of amides is 1. The maximum atomic E-state index is 12.7. The molecule has 4 aromatic rings. The zero-order valence-electron chi connectivity index (χ0n) is 16.7. The third-order valence-corrected chi connectivity index (χ3v) is 7.57. The van der Waals surface area contributed by atoms with E-state index in [1.54, 1.807) is 23.6 Å². The number of benzene rings is 2. The summed E-state index contributed by atoms with van der Waals surface area (Å²) in [5.41, 5.74) is 5.06. The van der Waals surface area contributed by atoms with Gasteiger partial charge in [-0.25, -0.2) is 18.8 Å². The highest BCUT2D eigenvalue weighted by Gasteiger charge is 2.19. The van der Waals surface area contributed by atoms with Crippen molar-refractivity contribution in [2.45, 2.75) is 11.1 Å². The number of carbonyl (C=O) groups excluding carboxylic acids is 1. The van der Waals surface area contributed by atoms with Gasteiger partial charge in [0.25, 0.3) is 15.9 Å². The maximum absolute atomic E-state index is 12.7. The van der Waals surface area contributed by atoms with Crippen LogP contribution in [0.4, 0.5) is 5.69 Å². The molecule has 0 fully saturated rings. The summed E-state index contributed by atoms with van der Waals surface area (Å²) in [4.78, 5) is 17.0. The van der Waals surface area contributed by atoms with Crippen LogP contribution in [0.15, 0.2) is 75.4 Å². The zero-order chi connectivity index (χ0) is 22.7. The van der Waals surface area contributed by atoms with Gasteiger partial charge >= 0.3 is 0 Å². The summed E-state index contributed by atoms with van der Waals surface area (Å²) in [7, 11) is -3.79. The van der Waals surface area contributed by atoms with Gasteiger partial charge in [0, 0.05) is 10.9 Å². The summed E-state index contributed by atoms with van der Waals surface area (Å²) < 4.78 is 27.6. The van der Waals surface area contributed by atoms with Gasteiger partial charge in [0.1, 0.15) is 9.36 Å². The number of nitrogens with zero attached hydrogens (tertiary/aromatic N) is 2. The van der Waals surface area contributed by atoms with Crippen LogP contribution in [-0.2, 0) is 10.0 Å². The minimum atomic E-state index is -3.79. The van der Waals surface area contributed by atoms with Crippen molar-refractivity contribution in [3.8, 4) is 0 Å². The Morgan fingerprint density at radius 1 is 1.12 bits per heavy atom. The van der Waals surface area contributed by atoms with Crippen molar-refractivity contribution in [2.24, 2.45) is 5.10 Å². The molecule has 0 aliphatic heterocycles. The fourth-order valence-electron chi connectivity index (χ4n) is 2.96. The number of fused-ring (bicyclic) bond motifs is 1. The Bertz CT molecular complexity index is 1440. The molecule has 10 heteroatoms. The van der Waals surface area contributed by atoms with Gasteiger partial charge in [0.15, 0.2) is 0 Å². The van der Waals surface area contributed by atoms with Crippen molar-refractivity contribution < 1.29 is 13.2 Å². The Labute approximate surface area is 193 Å². The SMILES string of the molecule is Cc1ccc2cc(/C=N/NC(=O)c3ccccc3NS(=O)(=O)c3cccs3)c(Cl)nc2c1. The number of aromatic nitrogens is 1. The average Bonchev–Trinajstić information content (AvgIpc) is 3.30. The normalized spacial score (nSPS) is 11.7. The summed E-state index contributed by atoms with van der Waals surface area (Å²) in [5.74, 6) is -0.578. The van der Waals surface area contributed by atoms with Gasteiger partial charge in [-0.2, -0.15) is 5.10 Å². The van der Waals surface area contributed by atoms with E-state index >= 15 is 0 Å². The predicted octanol–water partition coefficient (Wildman–Crippen LogP) is 4.82. The molecule has 4 rings (SSSR count). The van der Waals surface area contributed by atoms with E-state index in [-0.39, 0.29) is 20.6 Å². The molecule has 0 aliphatic carbocycles. The Balaban J connectivity index is 1.53. The van der Waals surface area contributed by atoms with Crippen LogP contribution in [0.5, 0.6) is 0 Å². The molecule has 2 N–H and O–H groups in total. The van der Waals surface area contributed by atoms with E-state index < -0.39 is 15.9 Å². The lowest BCUT2D eigenvalue weighted by Gasteiger charge is -2.10. The Morgan fingerprint density at radius 2 is 1.94 bits per heavy atom. The summed E-state index contributed by atoms with van der Waals surface area (Å²) in [6.45, 7) is 1.97.